The van der Waals surface area contributed by atoms with Gasteiger partial charge in [0, 0.05) is 12.4 Å². The average molecular weight is 208 g/mol. The van der Waals surface area contributed by atoms with Crippen LogP contribution in [0.5, 0.6) is 0 Å². The Morgan fingerprint density at radius 3 is 2.60 bits per heavy atom. The van der Waals surface area contributed by atoms with Crippen LogP contribution in [0.15, 0.2) is 18.5 Å². The maximum atomic E-state index is 5.44. The molecule has 0 aliphatic carbocycles. The first kappa shape index (κ1) is 12.1. The lowest BCUT2D eigenvalue weighted by molar-refractivity contribution is 0.309. The Morgan fingerprint density at radius 1 is 1.20 bits per heavy atom. The minimum atomic E-state index is 0.797. The molecule has 1 aromatic rings. The Morgan fingerprint density at radius 2 is 1.93 bits per heavy atom. The van der Waals surface area contributed by atoms with Crippen LogP contribution in [0.3, 0.4) is 0 Å². The van der Waals surface area contributed by atoms with Gasteiger partial charge in [0.2, 0.25) is 0 Å². The standard InChI is InChI=1S/C11H20N4/c1-15(9-4-2-3-6-12)10-11-13-7-5-8-14-11/h5,7-8H,2-4,6,9-10,12H2,1H3. The molecule has 4 nitrogen and oxygen atoms in total. The molecule has 0 amide bonds. The van der Waals surface area contributed by atoms with Gasteiger partial charge in [-0.3, -0.25) is 4.90 Å². The second-order valence-corrected chi connectivity index (χ2v) is 3.75. The Bertz CT molecular complexity index is 250. The fraction of sp³-hybridized carbons (Fsp3) is 0.636. The van der Waals surface area contributed by atoms with Crippen molar-refractivity contribution in [3.05, 3.63) is 24.3 Å². The zero-order chi connectivity index (χ0) is 10.9. The van der Waals surface area contributed by atoms with E-state index in [1.54, 1.807) is 12.4 Å². The number of hydrogen-bond donors (Lipinski definition) is 1. The first-order chi connectivity index (χ1) is 7.33. The average Bonchev–Trinajstić information content (AvgIpc) is 2.26. The molecule has 84 valence electrons. The van der Waals surface area contributed by atoms with Gasteiger partial charge in [-0.05, 0) is 39.0 Å². The third kappa shape index (κ3) is 5.44. The van der Waals surface area contributed by atoms with Crippen LogP contribution in [-0.4, -0.2) is 35.0 Å². The molecule has 0 bridgehead atoms. The van der Waals surface area contributed by atoms with E-state index in [9.17, 15) is 0 Å². The minimum Gasteiger partial charge on any atom is -0.330 e. The van der Waals surface area contributed by atoms with Crippen molar-refractivity contribution in [2.45, 2.75) is 25.8 Å². The molecule has 2 N–H and O–H groups in total. The zero-order valence-corrected chi connectivity index (χ0v) is 9.39. The second-order valence-electron chi connectivity index (χ2n) is 3.75. The van der Waals surface area contributed by atoms with Gasteiger partial charge in [0.25, 0.3) is 0 Å². The van der Waals surface area contributed by atoms with Crippen LogP contribution in [0.2, 0.25) is 0 Å². The van der Waals surface area contributed by atoms with Gasteiger partial charge in [0.1, 0.15) is 5.82 Å². The first-order valence-electron chi connectivity index (χ1n) is 5.47. The third-order valence-electron chi connectivity index (χ3n) is 2.27. The van der Waals surface area contributed by atoms with Crippen molar-refractivity contribution in [3.63, 3.8) is 0 Å². The van der Waals surface area contributed by atoms with Crippen molar-refractivity contribution in [1.29, 1.82) is 0 Å². The molecule has 0 saturated carbocycles. The van der Waals surface area contributed by atoms with E-state index in [-0.39, 0.29) is 0 Å². The van der Waals surface area contributed by atoms with Crippen LogP contribution in [0.4, 0.5) is 0 Å². The molecule has 0 aliphatic heterocycles. The highest BCUT2D eigenvalue weighted by atomic mass is 15.1. The molecule has 0 fully saturated rings. The molecule has 4 heteroatoms. The number of hydrogen-bond acceptors (Lipinski definition) is 4. The van der Waals surface area contributed by atoms with Gasteiger partial charge in [-0.15, -0.1) is 0 Å². The summed E-state index contributed by atoms with van der Waals surface area (Å²) < 4.78 is 0. The van der Waals surface area contributed by atoms with E-state index >= 15 is 0 Å². The predicted octanol–water partition coefficient (Wildman–Crippen LogP) is 1.04. The summed E-state index contributed by atoms with van der Waals surface area (Å²) in [5.41, 5.74) is 5.44. The van der Waals surface area contributed by atoms with Crippen LogP contribution >= 0.6 is 0 Å². The third-order valence-corrected chi connectivity index (χ3v) is 2.27. The van der Waals surface area contributed by atoms with E-state index in [4.69, 9.17) is 5.73 Å². The Balaban J connectivity index is 2.16. The summed E-state index contributed by atoms with van der Waals surface area (Å²) in [5, 5.41) is 0. The molecular weight excluding hydrogens is 188 g/mol. The van der Waals surface area contributed by atoms with Gasteiger partial charge in [-0.2, -0.15) is 0 Å². The Kier molecular flexibility index (Phi) is 5.88. The quantitative estimate of drug-likeness (QED) is 0.680. The summed E-state index contributed by atoms with van der Waals surface area (Å²) in [6.07, 6.45) is 7.09. The largest absolute Gasteiger partial charge is 0.330 e. The van der Waals surface area contributed by atoms with Gasteiger partial charge in [0.05, 0.1) is 6.54 Å². The lowest BCUT2D eigenvalue weighted by Gasteiger charge is -2.14. The van der Waals surface area contributed by atoms with E-state index in [0.29, 0.717) is 0 Å². The Hall–Kier alpha value is -1.00. The number of nitrogens with zero attached hydrogens (tertiary/aromatic N) is 3. The summed E-state index contributed by atoms with van der Waals surface area (Å²) >= 11 is 0. The van der Waals surface area contributed by atoms with Gasteiger partial charge in [-0.1, -0.05) is 6.42 Å². The van der Waals surface area contributed by atoms with E-state index in [0.717, 1.165) is 31.9 Å². The molecule has 0 spiro atoms. The van der Waals surface area contributed by atoms with Gasteiger partial charge < -0.3 is 5.73 Å². The lowest BCUT2D eigenvalue weighted by atomic mass is 10.2. The fourth-order valence-electron chi connectivity index (χ4n) is 1.43. The molecule has 1 heterocycles. The van der Waals surface area contributed by atoms with E-state index in [1.807, 2.05) is 6.07 Å². The van der Waals surface area contributed by atoms with Crippen LogP contribution < -0.4 is 5.73 Å². The van der Waals surface area contributed by atoms with Crippen molar-refractivity contribution in [2.75, 3.05) is 20.1 Å². The van der Waals surface area contributed by atoms with Gasteiger partial charge >= 0.3 is 0 Å². The number of nitrogens with two attached hydrogens (primary N) is 1. The topological polar surface area (TPSA) is 55.0 Å². The SMILES string of the molecule is CN(CCCCCN)Cc1ncccn1. The van der Waals surface area contributed by atoms with Gasteiger partial charge in [0.15, 0.2) is 0 Å². The fourth-order valence-corrected chi connectivity index (χ4v) is 1.43. The van der Waals surface area contributed by atoms with E-state index in [1.165, 1.54) is 12.8 Å². The summed E-state index contributed by atoms with van der Waals surface area (Å²) in [6.45, 7) is 2.70. The number of unbranched alkanes of at least 4 members (excludes halogenated alkanes) is 2. The highest BCUT2D eigenvalue weighted by molar-refractivity contribution is 4.87. The molecule has 0 radical (unpaired) electrons. The minimum absolute atomic E-state index is 0.797. The van der Waals surface area contributed by atoms with Crippen LogP contribution in [0, 0.1) is 0 Å². The van der Waals surface area contributed by atoms with Crippen molar-refractivity contribution in [2.24, 2.45) is 5.73 Å². The van der Waals surface area contributed by atoms with E-state index in [2.05, 4.69) is 21.9 Å². The molecule has 0 aromatic carbocycles. The summed E-state index contributed by atoms with van der Waals surface area (Å²) in [5.74, 6) is 0.888. The first-order valence-corrected chi connectivity index (χ1v) is 5.47. The lowest BCUT2D eigenvalue weighted by Crippen LogP contribution is -2.20. The van der Waals surface area contributed by atoms with Gasteiger partial charge in [-0.25, -0.2) is 9.97 Å². The van der Waals surface area contributed by atoms with Crippen molar-refractivity contribution >= 4 is 0 Å². The normalized spacial score (nSPS) is 10.9. The highest BCUT2D eigenvalue weighted by Gasteiger charge is 2.01. The second kappa shape index (κ2) is 7.31. The molecule has 0 unspecified atom stereocenters. The van der Waals surface area contributed by atoms with Crippen LogP contribution in [0.1, 0.15) is 25.1 Å². The Labute approximate surface area is 91.5 Å². The maximum absolute atomic E-state index is 5.44. The molecule has 0 saturated heterocycles. The maximum Gasteiger partial charge on any atom is 0.142 e. The molecule has 0 aliphatic rings. The number of aromatic nitrogens is 2. The molecular formula is C11H20N4. The van der Waals surface area contributed by atoms with Crippen molar-refractivity contribution in [3.8, 4) is 0 Å². The van der Waals surface area contributed by atoms with Crippen LogP contribution in [-0.2, 0) is 6.54 Å². The molecule has 0 atom stereocenters. The summed E-state index contributed by atoms with van der Waals surface area (Å²) in [6, 6.07) is 1.84. The van der Waals surface area contributed by atoms with Crippen molar-refractivity contribution < 1.29 is 0 Å². The van der Waals surface area contributed by atoms with E-state index < -0.39 is 0 Å². The predicted molar refractivity (Wildman–Crippen MR) is 61.3 cm³/mol. The van der Waals surface area contributed by atoms with Crippen LogP contribution in [0.25, 0.3) is 0 Å². The highest BCUT2D eigenvalue weighted by Crippen LogP contribution is 1.99. The smallest absolute Gasteiger partial charge is 0.142 e. The monoisotopic (exact) mass is 208 g/mol. The summed E-state index contributed by atoms with van der Waals surface area (Å²) in [7, 11) is 2.10. The molecule has 1 aromatic heterocycles. The zero-order valence-electron chi connectivity index (χ0n) is 9.39. The van der Waals surface area contributed by atoms with Crippen molar-refractivity contribution in [1.82, 2.24) is 14.9 Å². The summed E-state index contributed by atoms with van der Waals surface area (Å²) in [4.78, 5) is 10.6. The number of rotatable bonds is 7. The molecule has 15 heavy (non-hydrogen) atoms. The molecule has 1 rings (SSSR count).